The van der Waals surface area contributed by atoms with Gasteiger partial charge in [0.2, 0.25) is 0 Å². The van der Waals surface area contributed by atoms with E-state index in [4.69, 9.17) is 10.00 Å². The first-order valence-corrected chi connectivity index (χ1v) is 4.35. The minimum absolute atomic E-state index is 0.154. The molecule has 0 fully saturated rings. The Kier molecular flexibility index (Phi) is 3.69. The summed E-state index contributed by atoms with van der Waals surface area (Å²) in [4.78, 5) is 11.3. The van der Waals surface area contributed by atoms with E-state index in [1.807, 2.05) is 6.07 Å². The van der Waals surface area contributed by atoms with Crippen LogP contribution in [0.2, 0.25) is 0 Å². The molecule has 1 aromatic carbocycles. The molecule has 0 unspecified atom stereocenters. The topological polar surface area (TPSA) is 59.3 Å². The summed E-state index contributed by atoms with van der Waals surface area (Å²) in [5.41, 5.74) is 1.02. The smallest absolute Gasteiger partial charge is 0.338 e. The number of carbonyl (C=O) groups is 1. The molecule has 78 valence electrons. The molecule has 4 heteroatoms. The van der Waals surface area contributed by atoms with E-state index < -0.39 is 5.97 Å². The van der Waals surface area contributed by atoms with Crippen molar-refractivity contribution in [3.63, 3.8) is 0 Å². The largest absolute Gasteiger partial charge is 0.497 e. The lowest BCUT2D eigenvalue weighted by Gasteiger charge is -2.07. The molecule has 0 heterocycles. The highest BCUT2D eigenvalue weighted by Crippen LogP contribution is 2.18. The van der Waals surface area contributed by atoms with Crippen LogP contribution in [0, 0.1) is 11.3 Å². The van der Waals surface area contributed by atoms with Crippen LogP contribution < -0.4 is 4.74 Å². The highest BCUT2D eigenvalue weighted by atomic mass is 16.5. The molecule has 0 N–H and O–H groups in total. The van der Waals surface area contributed by atoms with Gasteiger partial charge in [-0.2, -0.15) is 5.26 Å². The molecule has 0 amide bonds. The third kappa shape index (κ3) is 2.47. The molecule has 1 aromatic rings. The van der Waals surface area contributed by atoms with Crippen molar-refractivity contribution < 1.29 is 14.3 Å². The molecule has 0 atom stereocenters. The monoisotopic (exact) mass is 205 g/mol. The minimum Gasteiger partial charge on any atom is -0.497 e. The van der Waals surface area contributed by atoms with Gasteiger partial charge >= 0.3 is 5.97 Å². The first-order chi connectivity index (χ1) is 7.22. The zero-order valence-electron chi connectivity index (χ0n) is 8.61. The van der Waals surface area contributed by atoms with Gasteiger partial charge in [0.25, 0.3) is 0 Å². The second-order valence-electron chi connectivity index (χ2n) is 2.85. The molecule has 0 saturated heterocycles. The Labute approximate surface area is 88.0 Å². The van der Waals surface area contributed by atoms with Gasteiger partial charge in [-0.15, -0.1) is 0 Å². The Bertz CT molecular complexity index is 407. The number of ether oxygens (including phenoxy) is 2. The average molecular weight is 205 g/mol. The number of nitrogens with zero attached hydrogens (tertiary/aromatic N) is 1. The van der Waals surface area contributed by atoms with E-state index in [0.717, 1.165) is 0 Å². The Balaban J connectivity index is 3.15. The van der Waals surface area contributed by atoms with Crippen LogP contribution in [0.15, 0.2) is 18.2 Å². The van der Waals surface area contributed by atoms with Crippen molar-refractivity contribution >= 4 is 5.97 Å². The summed E-state index contributed by atoms with van der Waals surface area (Å²) in [6.07, 6.45) is 0.154. The normalized spacial score (nSPS) is 9.13. The van der Waals surface area contributed by atoms with Gasteiger partial charge in [0, 0.05) is 0 Å². The zero-order valence-corrected chi connectivity index (χ0v) is 8.61. The lowest BCUT2D eigenvalue weighted by molar-refractivity contribution is 0.0599. The van der Waals surface area contributed by atoms with Crippen molar-refractivity contribution in [1.82, 2.24) is 0 Å². The summed E-state index contributed by atoms with van der Waals surface area (Å²) < 4.78 is 9.62. The molecular weight excluding hydrogens is 194 g/mol. The number of methoxy groups -OCH3 is 2. The van der Waals surface area contributed by atoms with E-state index in [1.54, 1.807) is 18.2 Å². The number of carbonyl (C=O) groups excluding carboxylic acids is 1. The molecule has 0 radical (unpaired) electrons. The molecule has 0 aliphatic heterocycles. The van der Waals surface area contributed by atoms with Gasteiger partial charge in [-0.25, -0.2) is 4.79 Å². The highest BCUT2D eigenvalue weighted by molar-refractivity contribution is 5.91. The summed E-state index contributed by atoms with van der Waals surface area (Å²) in [6.45, 7) is 0. The Morgan fingerprint density at radius 2 is 2.20 bits per heavy atom. The van der Waals surface area contributed by atoms with Gasteiger partial charge in [0.05, 0.1) is 32.3 Å². The lowest BCUT2D eigenvalue weighted by Crippen LogP contribution is -2.05. The SMILES string of the molecule is COC(=O)c1ccc(OC)cc1CC#N. The van der Waals surface area contributed by atoms with Crippen molar-refractivity contribution in [2.24, 2.45) is 0 Å². The Hall–Kier alpha value is -2.02. The van der Waals surface area contributed by atoms with Crippen LogP contribution in [0.4, 0.5) is 0 Å². The first-order valence-electron chi connectivity index (χ1n) is 4.35. The minimum atomic E-state index is -0.442. The van der Waals surface area contributed by atoms with Gasteiger partial charge in [-0.1, -0.05) is 0 Å². The van der Waals surface area contributed by atoms with Gasteiger partial charge in [-0.05, 0) is 23.8 Å². The number of esters is 1. The van der Waals surface area contributed by atoms with Crippen LogP contribution in [0.3, 0.4) is 0 Å². The second kappa shape index (κ2) is 5.01. The molecule has 0 aliphatic carbocycles. The molecule has 4 nitrogen and oxygen atoms in total. The van der Waals surface area contributed by atoms with Crippen LogP contribution in [-0.2, 0) is 11.2 Å². The zero-order chi connectivity index (χ0) is 11.3. The van der Waals surface area contributed by atoms with Crippen molar-refractivity contribution in [2.75, 3.05) is 14.2 Å². The van der Waals surface area contributed by atoms with Crippen LogP contribution in [0.1, 0.15) is 15.9 Å². The van der Waals surface area contributed by atoms with Gasteiger partial charge in [-0.3, -0.25) is 0 Å². The summed E-state index contributed by atoms with van der Waals surface area (Å²) in [5.74, 6) is 0.177. The average Bonchev–Trinajstić information content (AvgIpc) is 2.28. The van der Waals surface area contributed by atoms with E-state index in [-0.39, 0.29) is 6.42 Å². The van der Waals surface area contributed by atoms with E-state index in [1.165, 1.54) is 14.2 Å². The number of rotatable bonds is 3. The molecule has 15 heavy (non-hydrogen) atoms. The first kappa shape index (κ1) is 11.1. The standard InChI is InChI=1S/C11H11NO3/c1-14-9-3-4-10(11(13)15-2)8(7-9)5-6-12/h3-4,7H,5H2,1-2H3. The summed E-state index contributed by atoms with van der Waals surface area (Å²) >= 11 is 0. The summed E-state index contributed by atoms with van der Waals surface area (Å²) in [7, 11) is 2.84. The van der Waals surface area contributed by atoms with E-state index in [2.05, 4.69) is 4.74 Å². The fourth-order valence-electron chi connectivity index (χ4n) is 1.24. The lowest BCUT2D eigenvalue weighted by atomic mass is 10.0. The van der Waals surface area contributed by atoms with Crippen molar-refractivity contribution in [3.05, 3.63) is 29.3 Å². The van der Waals surface area contributed by atoms with E-state index in [0.29, 0.717) is 16.9 Å². The fourth-order valence-corrected chi connectivity index (χ4v) is 1.24. The molecule has 0 aromatic heterocycles. The van der Waals surface area contributed by atoms with E-state index >= 15 is 0 Å². The molecule has 0 aliphatic rings. The van der Waals surface area contributed by atoms with E-state index in [9.17, 15) is 4.79 Å². The fraction of sp³-hybridized carbons (Fsp3) is 0.273. The van der Waals surface area contributed by atoms with Crippen LogP contribution in [-0.4, -0.2) is 20.2 Å². The van der Waals surface area contributed by atoms with Crippen molar-refractivity contribution in [2.45, 2.75) is 6.42 Å². The highest BCUT2D eigenvalue weighted by Gasteiger charge is 2.12. The van der Waals surface area contributed by atoms with Gasteiger partial charge < -0.3 is 9.47 Å². The predicted octanol–water partition coefficient (Wildman–Crippen LogP) is 1.55. The van der Waals surface area contributed by atoms with Crippen molar-refractivity contribution in [3.8, 4) is 11.8 Å². The summed E-state index contributed by atoms with van der Waals surface area (Å²) in [6, 6.07) is 6.91. The van der Waals surface area contributed by atoms with Gasteiger partial charge in [0.1, 0.15) is 5.75 Å². The molecule has 1 rings (SSSR count). The number of hydrogen-bond donors (Lipinski definition) is 0. The number of nitriles is 1. The number of benzene rings is 1. The van der Waals surface area contributed by atoms with Crippen molar-refractivity contribution in [1.29, 1.82) is 5.26 Å². The molecular formula is C11H11NO3. The maximum atomic E-state index is 11.3. The third-order valence-corrected chi connectivity index (χ3v) is 1.99. The van der Waals surface area contributed by atoms with Crippen LogP contribution in [0.5, 0.6) is 5.75 Å². The predicted molar refractivity (Wildman–Crippen MR) is 53.7 cm³/mol. The quantitative estimate of drug-likeness (QED) is 0.702. The van der Waals surface area contributed by atoms with Crippen LogP contribution in [0.25, 0.3) is 0 Å². The maximum absolute atomic E-state index is 11.3. The summed E-state index contributed by atoms with van der Waals surface area (Å²) in [5, 5.41) is 8.62. The molecule has 0 bridgehead atoms. The Morgan fingerprint density at radius 1 is 1.47 bits per heavy atom. The Morgan fingerprint density at radius 3 is 2.73 bits per heavy atom. The number of hydrogen-bond acceptors (Lipinski definition) is 4. The van der Waals surface area contributed by atoms with Crippen LogP contribution >= 0.6 is 0 Å². The molecule has 0 saturated carbocycles. The third-order valence-electron chi connectivity index (χ3n) is 1.99. The second-order valence-corrected chi connectivity index (χ2v) is 2.85. The molecule has 0 spiro atoms. The maximum Gasteiger partial charge on any atom is 0.338 e. The van der Waals surface area contributed by atoms with Gasteiger partial charge in [0.15, 0.2) is 0 Å².